The van der Waals surface area contributed by atoms with E-state index in [0.717, 1.165) is 25.2 Å². The molecule has 0 amide bonds. The van der Waals surface area contributed by atoms with Crippen LogP contribution in [0.15, 0.2) is 17.4 Å². The number of hydrogen-bond acceptors (Lipinski definition) is 3. The monoisotopic (exact) mass is 372 g/mol. The third kappa shape index (κ3) is 3.66. The molecule has 1 heterocycles. The van der Waals surface area contributed by atoms with Crippen LogP contribution >= 0.6 is 0 Å². The second-order valence-corrected chi connectivity index (χ2v) is 11.5. The van der Waals surface area contributed by atoms with Crippen molar-refractivity contribution >= 4 is 5.84 Å². The molecule has 4 bridgehead atoms. The van der Waals surface area contributed by atoms with Crippen LogP contribution in [0.3, 0.4) is 0 Å². The van der Waals surface area contributed by atoms with Gasteiger partial charge in [0.15, 0.2) is 0 Å². The van der Waals surface area contributed by atoms with Crippen molar-refractivity contribution in [3.63, 3.8) is 0 Å². The fourth-order valence-electron chi connectivity index (χ4n) is 8.58. The summed E-state index contributed by atoms with van der Waals surface area (Å²) in [4.78, 5) is 2.37. The predicted octanol–water partition coefficient (Wildman–Crippen LogP) is 4.90. The minimum Gasteiger partial charge on any atom is -0.333 e. The average Bonchev–Trinajstić information content (AvgIpc) is 2.60. The molecule has 4 N–H and O–H groups in total. The topological polar surface area (TPSA) is 67.6 Å². The number of allylic oxidation sites excluding steroid dienone is 1. The molecule has 5 fully saturated rings. The lowest BCUT2D eigenvalue weighted by molar-refractivity contribution is -0.155. The molecule has 0 spiro atoms. The van der Waals surface area contributed by atoms with Gasteiger partial charge in [-0.25, -0.2) is 0 Å². The van der Waals surface area contributed by atoms with Gasteiger partial charge in [-0.15, -0.1) is 0 Å². The maximum atomic E-state index is 6.96. The summed E-state index contributed by atoms with van der Waals surface area (Å²) in [6, 6.07) is 0. The highest BCUT2D eigenvalue weighted by Crippen LogP contribution is 2.71. The molecule has 152 valence electrons. The molecule has 4 saturated carbocycles. The molecule has 5 rings (SSSR count). The number of nitrogens with zero attached hydrogens (tertiary/aromatic N) is 2. The van der Waals surface area contributed by atoms with Gasteiger partial charge in [-0.3, -0.25) is 0 Å². The van der Waals surface area contributed by atoms with Gasteiger partial charge < -0.3 is 16.5 Å². The van der Waals surface area contributed by atoms with E-state index in [1.54, 1.807) is 0 Å². The van der Waals surface area contributed by atoms with Gasteiger partial charge in [0.05, 0.1) is 0 Å². The standard InChI is InChI=1S/C23H40N4/c1-18(27-10-8-6-4-5-7-9-19(27)26-25)11-22-13-20(2)12-21(3,14-22)16-23(24,15-20)17-22/h1,4-17,24-25H2,2-3H3/b26-19-. The summed E-state index contributed by atoms with van der Waals surface area (Å²) in [6.45, 7) is 10.6. The second kappa shape index (κ2) is 6.50. The smallest absolute Gasteiger partial charge is 0.128 e. The van der Waals surface area contributed by atoms with Gasteiger partial charge in [-0.05, 0) is 74.0 Å². The molecule has 0 aromatic rings. The minimum atomic E-state index is 0.0388. The van der Waals surface area contributed by atoms with Crippen molar-refractivity contribution in [3.8, 4) is 0 Å². The summed E-state index contributed by atoms with van der Waals surface area (Å²) in [5.41, 5.74) is 9.39. The summed E-state index contributed by atoms with van der Waals surface area (Å²) in [7, 11) is 0. The highest BCUT2D eigenvalue weighted by Gasteiger charge is 2.64. The van der Waals surface area contributed by atoms with E-state index in [2.05, 4.69) is 30.4 Å². The second-order valence-electron chi connectivity index (χ2n) is 11.5. The summed E-state index contributed by atoms with van der Waals surface area (Å²) >= 11 is 0. The molecule has 4 heteroatoms. The van der Waals surface area contributed by atoms with Crippen molar-refractivity contribution in [3.05, 3.63) is 12.3 Å². The number of rotatable bonds is 3. The molecular formula is C23H40N4. The van der Waals surface area contributed by atoms with Gasteiger partial charge >= 0.3 is 0 Å². The van der Waals surface area contributed by atoms with Gasteiger partial charge in [-0.2, -0.15) is 5.10 Å². The minimum absolute atomic E-state index is 0.0388. The first-order valence-corrected chi connectivity index (χ1v) is 11.2. The van der Waals surface area contributed by atoms with Crippen LogP contribution in [0.4, 0.5) is 0 Å². The highest BCUT2D eigenvalue weighted by molar-refractivity contribution is 5.83. The van der Waals surface area contributed by atoms with Crippen molar-refractivity contribution in [2.75, 3.05) is 6.54 Å². The third-order valence-corrected chi connectivity index (χ3v) is 7.95. The largest absolute Gasteiger partial charge is 0.333 e. The van der Waals surface area contributed by atoms with E-state index in [0.29, 0.717) is 16.2 Å². The maximum Gasteiger partial charge on any atom is 0.128 e. The summed E-state index contributed by atoms with van der Waals surface area (Å²) < 4.78 is 0. The number of hydrogen-bond donors (Lipinski definition) is 2. The number of amidine groups is 1. The van der Waals surface area contributed by atoms with Crippen LogP contribution in [-0.4, -0.2) is 22.8 Å². The van der Waals surface area contributed by atoms with Crippen molar-refractivity contribution in [2.24, 2.45) is 32.9 Å². The van der Waals surface area contributed by atoms with Crippen LogP contribution in [0.5, 0.6) is 0 Å². The van der Waals surface area contributed by atoms with Gasteiger partial charge in [0, 0.05) is 24.2 Å². The van der Waals surface area contributed by atoms with Crippen LogP contribution in [0, 0.1) is 16.2 Å². The SMILES string of the molecule is C=C(CC12CC3(C)CC(C)(CC(N)(C3)C1)C2)N1CCCCCCC/C1=N/N. The Morgan fingerprint density at radius 1 is 0.963 bits per heavy atom. The van der Waals surface area contributed by atoms with Gasteiger partial charge in [0.2, 0.25) is 0 Å². The molecule has 1 aliphatic heterocycles. The van der Waals surface area contributed by atoms with E-state index in [1.165, 1.54) is 76.3 Å². The number of nitrogens with two attached hydrogens (primary N) is 2. The third-order valence-electron chi connectivity index (χ3n) is 7.95. The first-order chi connectivity index (χ1) is 12.7. The van der Waals surface area contributed by atoms with Crippen molar-refractivity contribution in [2.45, 2.75) is 103 Å². The molecule has 0 radical (unpaired) electrons. The molecule has 27 heavy (non-hydrogen) atoms. The molecule has 0 aromatic carbocycles. The van der Waals surface area contributed by atoms with E-state index < -0.39 is 0 Å². The fraction of sp³-hybridized carbons (Fsp3) is 0.870. The van der Waals surface area contributed by atoms with Crippen molar-refractivity contribution in [1.82, 2.24) is 4.90 Å². The lowest BCUT2D eigenvalue weighted by atomic mass is 9.38. The zero-order chi connectivity index (χ0) is 19.3. The van der Waals surface area contributed by atoms with Crippen molar-refractivity contribution in [1.29, 1.82) is 0 Å². The van der Waals surface area contributed by atoms with Gasteiger partial charge in [0.1, 0.15) is 5.84 Å². The van der Waals surface area contributed by atoms with E-state index in [4.69, 9.17) is 11.6 Å². The Kier molecular flexibility index (Phi) is 4.65. The molecule has 4 nitrogen and oxygen atoms in total. The lowest BCUT2D eigenvalue weighted by Gasteiger charge is -2.69. The van der Waals surface area contributed by atoms with Crippen LogP contribution in [0.25, 0.3) is 0 Å². The van der Waals surface area contributed by atoms with Crippen LogP contribution in [-0.2, 0) is 0 Å². The van der Waals surface area contributed by atoms with Crippen LogP contribution in [0.1, 0.15) is 97.3 Å². The quantitative estimate of drug-likeness (QED) is 0.547. The van der Waals surface area contributed by atoms with Crippen LogP contribution < -0.4 is 11.6 Å². The zero-order valence-corrected chi connectivity index (χ0v) is 17.7. The predicted molar refractivity (Wildman–Crippen MR) is 113 cm³/mol. The lowest BCUT2D eigenvalue weighted by Crippen LogP contribution is -2.66. The van der Waals surface area contributed by atoms with Crippen LogP contribution in [0.2, 0.25) is 0 Å². The Morgan fingerprint density at radius 3 is 2.22 bits per heavy atom. The molecule has 4 aliphatic carbocycles. The Hall–Kier alpha value is -1.03. The Balaban J connectivity index is 1.56. The molecule has 1 saturated heterocycles. The molecule has 2 atom stereocenters. The summed E-state index contributed by atoms with van der Waals surface area (Å²) in [6.07, 6.45) is 15.9. The average molecular weight is 373 g/mol. The molecular weight excluding hydrogens is 332 g/mol. The van der Waals surface area contributed by atoms with Gasteiger partial charge in [-0.1, -0.05) is 39.7 Å². The molecule has 0 aromatic heterocycles. The molecule has 2 unspecified atom stereocenters. The van der Waals surface area contributed by atoms with E-state index in [1.807, 2.05) is 0 Å². The van der Waals surface area contributed by atoms with E-state index in [9.17, 15) is 0 Å². The zero-order valence-electron chi connectivity index (χ0n) is 17.7. The van der Waals surface area contributed by atoms with E-state index in [-0.39, 0.29) is 5.54 Å². The Labute approximate surface area is 165 Å². The first-order valence-electron chi connectivity index (χ1n) is 11.2. The molecule has 5 aliphatic rings. The van der Waals surface area contributed by atoms with Crippen molar-refractivity contribution < 1.29 is 0 Å². The Morgan fingerprint density at radius 2 is 1.59 bits per heavy atom. The van der Waals surface area contributed by atoms with Gasteiger partial charge in [0.25, 0.3) is 0 Å². The first kappa shape index (κ1) is 19.3. The highest BCUT2D eigenvalue weighted by atomic mass is 15.3. The normalized spacial score (nSPS) is 46.2. The van der Waals surface area contributed by atoms with E-state index >= 15 is 0 Å². The Bertz CT molecular complexity index is 583. The maximum absolute atomic E-state index is 6.96. The fourth-order valence-corrected chi connectivity index (χ4v) is 8.58. The summed E-state index contributed by atoms with van der Waals surface area (Å²) in [5, 5.41) is 4.19. The summed E-state index contributed by atoms with van der Waals surface area (Å²) in [5.74, 6) is 6.86. The number of hydrazone groups is 1.